The highest BCUT2D eigenvalue weighted by molar-refractivity contribution is 7.99. The van der Waals surface area contributed by atoms with E-state index in [1.54, 1.807) is 0 Å². The van der Waals surface area contributed by atoms with Gasteiger partial charge in [0.1, 0.15) is 0 Å². The number of para-hydroxylation sites is 2. The van der Waals surface area contributed by atoms with Crippen LogP contribution < -0.4 is 5.32 Å². The van der Waals surface area contributed by atoms with Crippen molar-refractivity contribution in [2.75, 3.05) is 12.3 Å². The van der Waals surface area contributed by atoms with Gasteiger partial charge in [-0.3, -0.25) is 0 Å². The Morgan fingerprint density at radius 3 is 2.65 bits per heavy atom. The highest BCUT2D eigenvalue weighted by Gasteiger charge is 2.40. The normalized spacial score (nSPS) is 19.1. The number of nitrogens with one attached hydrogen (secondary N) is 2. The predicted octanol–water partition coefficient (Wildman–Crippen LogP) is 3.43. The lowest BCUT2D eigenvalue weighted by Gasteiger charge is -2.17. The van der Waals surface area contributed by atoms with Gasteiger partial charge in [-0.25, -0.2) is 4.98 Å². The van der Waals surface area contributed by atoms with Crippen LogP contribution in [0.5, 0.6) is 0 Å². The number of aromatic amines is 1. The number of aromatic nitrogens is 2. The van der Waals surface area contributed by atoms with Crippen molar-refractivity contribution in [2.24, 2.45) is 11.8 Å². The van der Waals surface area contributed by atoms with Crippen LogP contribution in [0.3, 0.4) is 0 Å². The largest absolute Gasteiger partial charge is 0.333 e. The average molecular weight is 287 g/mol. The minimum absolute atomic E-state index is 0.811. The van der Waals surface area contributed by atoms with Gasteiger partial charge in [-0.2, -0.15) is 0 Å². The van der Waals surface area contributed by atoms with Crippen molar-refractivity contribution in [1.82, 2.24) is 15.3 Å². The summed E-state index contributed by atoms with van der Waals surface area (Å²) in [5, 5.41) is 4.83. The molecule has 0 spiro atoms. The van der Waals surface area contributed by atoms with E-state index in [1.165, 1.54) is 25.7 Å². The second kappa shape index (κ2) is 5.41. The fraction of sp³-hybridized carbons (Fsp3) is 0.562. The molecule has 0 bridgehead atoms. The standard InChI is InChI=1S/C16H21N3S/c1-2-4-14-13(3-1)18-16(19-14)20-10-9-17-15(11-5-6-11)12-7-8-12/h1-4,11-12,15,17H,5-10H2,(H,18,19). The number of H-pyrrole nitrogens is 1. The summed E-state index contributed by atoms with van der Waals surface area (Å²) in [4.78, 5) is 7.98. The van der Waals surface area contributed by atoms with Crippen molar-refractivity contribution in [2.45, 2.75) is 36.9 Å². The number of nitrogens with zero attached hydrogens (tertiary/aromatic N) is 1. The molecule has 2 aromatic rings. The lowest BCUT2D eigenvalue weighted by molar-refractivity contribution is 0.429. The molecular weight excluding hydrogens is 266 g/mol. The topological polar surface area (TPSA) is 40.7 Å². The van der Waals surface area contributed by atoms with Gasteiger partial charge < -0.3 is 10.3 Å². The molecular formula is C16H21N3S. The Morgan fingerprint density at radius 1 is 1.20 bits per heavy atom. The third-order valence-corrected chi connectivity index (χ3v) is 5.22. The molecule has 1 aromatic heterocycles. The monoisotopic (exact) mass is 287 g/mol. The minimum atomic E-state index is 0.811. The molecule has 106 valence electrons. The summed E-state index contributed by atoms with van der Waals surface area (Å²) in [6.07, 6.45) is 5.80. The molecule has 2 aliphatic carbocycles. The van der Waals surface area contributed by atoms with Gasteiger partial charge in [0.25, 0.3) is 0 Å². The number of thioether (sulfide) groups is 1. The molecule has 4 rings (SSSR count). The fourth-order valence-corrected chi connectivity index (χ4v) is 3.76. The molecule has 2 aliphatic rings. The van der Waals surface area contributed by atoms with Crippen LogP contribution in [-0.4, -0.2) is 28.3 Å². The second-order valence-corrected chi connectivity index (χ2v) is 7.15. The van der Waals surface area contributed by atoms with Gasteiger partial charge >= 0.3 is 0 Å². The molecule has 0 amide bonds. The maximum Gasteiger partial charge on any atom is 0.166 e. The zero-order valence-electron chi connectivity index (χ0n) is 11.6. The van der Waals surface area contributed by atoms with Crippen LogP contribution in [0, 0.1) is 11.8 Å². The Labute approximate surface area is 123 Å². The molecule has 3 nitrogen and oxygen atoms in total. The molecule has 2 N–H and O–H groups in total. The van der Waals surface area contributed by atoms with Crippen LogP contribution >= 0.6 is 11.8 Å². The molecule has 2 fully saturated rings. The molecule has 4 heteroatoms. The Kier molecular flexibility index (Phi) is 3.44. The molecule has 1 heterocycles. The molecule has 2 saturated carbocycles. The fourth-order valence-electron chi connectivity index (χ4n) is 3.00. The van der Waals surface area contributed by atoms with E-state index < -0.39 is 0 Å². The van der Waals surface area contributed by atoms with E-state index in [-0.39, 0.29) is 0 Å². The Balaban J connectivity index is 1.27. The van der Waals surface area contributed by atoms with E-state index in [4.69, 9.17) is 0 Å². The summed E-state index contributed by atoms with van der Waals surface area (Å²) in [6, 6.07) is 9.04. The number of benzene rings is 1. The third-order valence-electron chi connectivity index (χ3n) is 4.35. The van der Waals surface area contributed by atoms with Crippen LogP contribution in [0.15, 0.2) is 29.4 Å². The molecule has 0 saturated heterocycles. The van der Waals surface area contributed by atoms with E-state index in [2.05, 4.69) is 27.4 Å². The third kappa shape index (κ3) is 2.86. The highest BCUT2D eigenvalue weighted by atomic mass is 32.2. The van der Waals surface area contributed by atoms with Crippen molar-refractivity contribution in [1.29, 1.82) is 0 Å². The summed E-state index contributed by atoms with van der Waals surface area (Å²) >= 11 is 1.82. The van der Waals surface area contributed by atoms with Crippen LogP contribution in [0.1, 0.15) is 25.7 Å². The molecule has 0 unspecified atom stereocenters. The molecule has 20 heavy (non-hydrogen) atoms. The maximum atomic E-state index is 4.60. The Hall–Kier alpha value is -1.00. The summed E-state index contributed by atoms with van der Waals surface area (Å²) in [7, 11) is 0. The first kappa shape index (κ1) is 12.7. The van der Waals surface area contributed by atoms with Gasteiger partial charge in [-0.1, -0.05) is 23.9 Å². The van der Waals surface area contributed by atoms with Gasteiger partial charge in [0.05, 0.1) is 11.0 Å². The molecule has 0 atom stereocenters. The number of rotatable bonds is 7. The summed E-state index contributed by atoms with van der Waals surface area (Å²) in [6.45, 7) is 1.10. The number of fused-ring (bicyclic) bond motifs is 1. The zero-order chi connectivity index (χ0) is 13.4. The molecule has 0 aliphatic heterocycles. The van der Waals surface area contributed by atoms with Crippen LogP contribution in [0.25, 0.3) is 11.0 Å². The number of hydrogen-bond donors (Lipinski definition) is 2. The van der Waals surface area contributed by atoms with Gasteiger partial charge in [-0.05, 0) is 49.7 Å². The summed E-state index contributed by atoms with van der Waals surface area (Å²) in [5.74, 6) is 3.06. The first-order chi connectivity index (χ1) is 9.90. The SMILES string of the molecule is c1ccc2[nH]c(SCCNC(C3CC3)C3CC3)nc2c1. The van der Waals surface area contributed by atoms with Crippen LogP contribution in [0.2, 0.25) is 0 Å². The maximum absolute atomic E-state index is 4.60. The van der Waals surface area contributed by atoms with Crippen LogP contribution in [0.4, 0.5) is 0 Å². The Morgan fingerprint density at radius 2 is 1.95 bits per heavy atom. The number of hydrogen-bond acceptors (Lipinski definition) is 3. The van der Waals surface area contributed by atoms with E-state index in [0.29, 0.717) is 0 Å². The predicted molar refractivity (Wildman–Crippen MR) is 84.1 cm³/mol. The van der Waals surface area contributed by atoms with Gasteiger partial charge in [0, 0.05) is 18.3 Å². The van der Waals surface area contributed by atoms with E-state index in [1.807, 2.05) is 23.9 Å². The minimum Gasteiger partial charge on any atom is -0.333 e. The molecule has 1 aromatic carbocycles. The second-order valence-electron chi connectivity index (χ2n) is 6.06. The molecule has 0 radical (unpaired) electrons. The van der Waals surface area contributed by atoms with E-state index in [0.717, 1.165) is 46.4 Å². The van der Waals surface area contributed by atoms with Crippen molar-refractivity contribution in [3.05, 3.63) is 24.3 Å². The quantitative estimate of drug-likeness (QED) is 0.605. The van der Waals surface area contributed by atoms with E-state index >= 15 is 0 Å². The lowest BCUT2D eigenvalue weighted by Crippen LogP contribution is -2.34. The first-order valence-electron chi connectivity index (χ1n) is 7.71. The van der Waals surface area contributed by atoms with Crippen molar-refractivity contribution in [3.63, 3.8) is 0 Å². The Bertz CT molecular complexity index is 541. The number of imidazole rings is 1. The van der Waals surface area contributed by atoms with E-state index in [9.17, 15) is 0 Å². The summed E-state index contributed by atoms with van der Waals surface area (Å²) in [5.41, 5.74) is 2.20. The average Bonchev–Trinajstić information content (AvgIpc) is 3.36. The van der Waals surface area contributed by atoms with Crippen molar-refractivity contribution >= 4 is 22.8 Å². The van der Waals surface area contributed by atoms with Gasteiger partial charge in [0.2, 0.25) is 0 Å². The summed E-state index contributed by atoms with van der Waals surface area (Å²) < 4.78 is 0. The van der Waals surface area contributed by atoms with Crippen molar-refractivity contribution in [3.8, 4) is 0 Å². The zero-order valence-corrected chi connectivity index (χ0v) is 12.5. The van der Waals surface area contributed by atoms with Crippen molar-refractivity contribution < 1.29 is 0 Å². The van der Waals surface area contributed by atoms with Crippen LogP contribution in [-0.2, 0) is 0 Å². The smallest absolute Gasteiger partial charge is 0.166 e. The lowest BCUT2D eigenvalue weighted by atomic mass is 10.1. The van der Waals surface area contributed by atoms with Gasteiger partial charge in [0.15, 0.2) is 5.16 Å². The highest BCUT2D eigenvalue weighted by Crippen LogP contribution is 2.44. The first-order valence-corrected chi connectivity index (χ1v) is 8.69. The van der Waals surface area contributed by atoms with Gasteiger partial charge in [-0.15, -0.1) is 0 Å².